The van der Waals surface area contributed by atoms with Gasteiger partial charge in [-0.25, -0.2) is 0 Å². The number of likely N-dealkylation sites (N-methyl/N-ethyl adjacent to an activating group) is 1. The molecule has 2 aromatic rings. The highest BCUT2D eigenvalue weighted by Crippen LogP contribution is 2.17. The number of ether oxygens (including phenoxy) is 1. The number of carbonyl (C=O) groups excluding carboxylic acids is 1. The van der Waals surface area contributed by atoms with Crippen LogP contribution in [-0.4, -0.2) is 30.5 Å². The van der Waals surface area contributed by atoms with Crippen LogP contribution in [-0.2, 0) is 11.3 Å². The maximum absolute atomic E-state index is 12.4. The SMILES string of the molecule is CC(C(=O)Nc1ccccc1C#N)N(C)Cc1ccc(OC(F)F)cc1. The van der Waals surface area contributed by atoms with Gasteiger partial charge in [0.15, 0.2) is 0 Å². The number of amides is 1. The van der Waals surface area contributed by atoms with E-state index in [2.05, 4.69) is 10.1 Å². The van der Waals surface area contributed by atoms with Crippen LogP contribution in [0.2, 0.25) is 0 Å². The summed E-state index contributed by atoms with van der Waals surface area (Å²) < 4.78 is 28.6. The van der Waals surface area contributed by atoms with Crippen LogP contribution in [0.25, 0.3) is 0 Å². The minimum absolute atomic E-state index is 0.0882. The van der Waals surface area contributed by atoms with Gasteiger partial charge in [0.2, 0.25) is 5.91 Å². The Morgan fingerprint density at radius 3 is 2.50 bits per heavy atom. The van der Waals surface area contributed by atoms with Crippen molar-refractivity contribution in [3.63, 3.8) is 0 Å². The molecule has 0 fully saturated rings. The van der Waals surface area contributed by atoms with E-state index in [1.54, 1.807) is 50.4 Å². The smallest absolute Gasteiger partial charge is 0.387 e. The number of halogens is 2. The van der Waals surface area contributed by atoms with Gasteiger partial charge in [-0.3, -0.25) is 9.69 Å². The van der Waals surface area contributed by atoms with Gasteiger partial charge in [0.05, 0.1) is 17.3 Å². The highest BCUT2D eigenvalue weighted by Gasteiger charge is 2.19. The third-order valence-corrected chi connectivity index (χ3v) is 3.93. The van der Waals surface area contributed by atoms with Gasteiger partial charge in [-0.2, -0.15) is 14.0 Å². The third kappa shape index (κ3) is 5.26. The van der Waals surface area contributed by atoms with E-state index in [-0.39, 0.29) is 11.7 Å². The zero-order valence-corrected chi connectivity index (χ0v) is 14.4. The molecule has 0 saturated carbocycles. The van der Waals surface area contributed by atoms with Gasteiger partial charge < -0.3 is 10.1 Å². The average Bonchev–Trinajstić information content (AvgIpc) is 2.62. The third-order valence-electron chi connectivity index (χ3n) is 3.93. The van der Waals surface area contributed by atoms with Gasteiger partial charge in [-0.1, -0.05) is 24.3 Å². The summed E-state index contributed by atoms with van der Waals surface area (Å²) in [5, 5.41) is 11.8. The lowest BCUT2D eigenvalue weighted by Crippen LogP contribution is -2.39. The summed E-state index contributed by atoms with van der Waals surface area (Å²) in [7, 11) is 1.78. The van der Waals surface area contributed by atoms with Crippen molar-refractivity contribution in [1.82, 2.24) is 4.90 Å². The van der Waals surface area contributed by atoms with Crippen LogP contribution in [0.15, 0.2) is 48.5 Å². The number of anilines is 1. The van der Waals surface area contributed by atoms with Crippen LogP contribution in [0.1, 0.15) is 18.1 Å². The fourth-order valence-corrected chi connectivity index (χ4v) is 2.33. The van der Waals surface area contributed by atoms with Crippen molar-refractivity contribution in [2.24, 2.45) is 0 Å². The lowest BCUT2D eigenvalue weighted by molar-refractivity contribution is -0.120. The van der Waals surface area contributed by atoms with Crippen molar-refractivity contribution < 1.29 is 18.3 Å². The Balaban J connectivity index is 1.97. The molecule has 0 radical (unpaired) electrons. The molecule has 0 saturated heterocycles. The first kappa shape index (κ1) is 19.3. The van der Waals surface area contributed by atoms with E-state index in [4.69, 9.17) is 5.26 Å². The molecule has 1 atom stereocenters. The van der Waals surface area contributed by atoms with E-state index >= 15 is 0 Å². The number of rotatable bonds is 7. The molecule has 0 aliphatic rings. The van der Waals surface area contributed by atoms with Crippen molar-refractivity contribution in [1.29, 1.82) is 5.26 Å². The number of benzene rings is 2. The molecule has 26 heavy (non-hydrogen) atoms. The number of nitrogens with one attached hydrogen (secondary N) is 1. The molecule has 5 nitrogen and oxygen atoms in total. The van der Waals surface area contributed by atoms with Crippen LogP contribution in [0.3, 0.4) is 0 Å². The second-order valence-corrected chi connectivity index (χ2v) is 5.76. The zero-order valence-electron chi connectivity index (χ0n) is 14.4. The number of alkyl halides is 2. The molecule has 2 rings (SSSR count). The lowest BCUT2D eigenvalue weighted by Gasteiger charge is -2.24. The average molecular weight is 359 g/mol. The Bertz CT molecular complexity index is 788. The maximum atomic E-state index is 12.4. The van der Waals surface area contributed by atoms with Crippen molar-refractivity contribution in [3.05, 3.63) is 59.7 Å². The Kier molecular flexibility index (Phi) is 6.64. The molecule has 1 unspecified atom stereocenters. The van der Waals surface area contributed by atoms with Gasteiger partial charge in [0, 0.05) is 6.54 Å². The van der Waals surface area contributed by atoms with Crippen molar-refractivity contribution in [2.45, 2.75) is 26.1 Å². The Morgan fingerprint density at radius 2 is 1.88 bits per heavy atom. The highest BCUT2D eigenvalue weighted by atomic mass is 19.3. The Morgan fingerprint density at radius 1 is 1.23 bits per heavy atom. The molecule has 0 spiro atoms. The van der Waals surface area contributed by atoms with Gasteiger partial charge in [-0.05, 0) is 43.8 Å². The normalized spacial score (nSPS) is 11.9. The molecule has 136 valence electrons. The largest absolute Gasteiger partial charge is 0.435 e. The quantitative estimate of drug-likeness (QED) is 0.820. The van der Waals surface area contributed by atoms with E-state index in [0.717, 1.165) is 5.56 Å². The summed E-state index contributed by atoms with van der Waals surface area (Å²) in [6.07, 6.45) is 0. The summed E-state index contributed by atoms with van der Waals surface area (Å²) in [5.41, 5.74) is 1.71. The van der Waals surface area contributed by atoms with Crippen molar-refractivity contribution >= 4 is 11.6 Å². The van der Waals surface area contributed by atoms with Crippen molar-refractivity contribution in [2.75, 3.05) is 12.4 Å². The van der Waals surface area contributed by atoms with Gasteiger partial charge in [0.25, 0.3) is 0 Å². The number of hydrogen-bond donors (Lipinski definition) is 1. The number of hydrogen-bond acceptors (Lipinski definition) is 4. The summed E-state index contributed by atoms with van der Waals surface area (Å²) in [6, 6.07) is 14.6. The fourth-order valence-electron chi connectivity index (χ4n) is 2.33. The predicted molar refractivity (Wildman–Crippen MR) is 93.8 cm³/mol. The molecule has 0 aliphatic heterocycles. The van der Waals surface area contributed by atoms with E-state index in [1.807, 2.05) is 11.0 Å². The maximum Gasteiger partial charge on any atom is 0.387 e. The van der Waals surface area contributed by atoms with E-state index in [9.17, 15) is 13.6 Å². The first-order chi connectivity index (χ1) is 12.4. The van der Waals surface area contributed by atoms with Crippen LogP contribution in [0, 0.1) is 11.3 Å². The molecule has 0 aliphatic carbocycles. The highest BCUT2D eigenvalue weighted by molar-refractivity contribution is 5.95. The van der Waals surface area contributed by atoms with Crippen molar-refractivity contribution in [3.8, 4) is 11.8 Å². The van der Waals surface area contributed by atoms with E-state index in [0.29, 0.717) is 17.8 Å². The molecular formula is C19H19F2N3O2. The fraction of sp³-hybridized carbons (Fsp3) is 0.263. The summed E-state index contributed by atoms with van der Waals surface area (Å²) in [5.74, 6) is -0.154. The van der Waals surface area contributed by atoms with Gasteiger partial charge in [-0.15, -0.1) is 0 Å². The minimum atomic E-state index is -2.86. The number of nitrogens with zero attached hydrogens (tertiary/aromatic N) is 2. The minimum Gasteiger partial charge on any atom is -0.435 e. The Labute approximate surface area is 150 Å². The molecule has 0 bridgehead atoms. The molecule has 2 aromatic carbocycles. The summed E-state index contributed by atoms with van der Waals surface area (Å²) in [4.78, 5) is 14.2. The van der Waals surface area contributed by atoms with E-state index in [1.165, 1.54) is 12.1 Å². The Hall–Kier alpha value is -2.98. The zero-order chi connectivity index (χ0) is 19.1. The first-order valence-corrected chi connectivity index (χ1v) is 7.94. The monoisotopic (exact) mass is 359 g/mol. The molecule has 0 aromatic heterocycles. The molecular weight excluding hydrogens is 340 g/mol. The number of nitriles is 1. The second-order valence-electron chi connectivity index (χ2n) is 5.76. The van der Waals surface area contributed by atoms with Crippen LogP contribution in [0.5, 0.6) is 5.75 Å². The van der Waals surface area contributed by atoms with Gasteiger partial charge in [0.1, 0.15) is 11.8 Å². The number of carbonyl (C=O) groups is 1. The molecule has 1 amide bonds. The van der Waals surface area contributed by atoms with Crippen LogP contribution in [0.4, 0.5) is 14.5 Å². The van der Waals surface area contributed by atoms with Crippen LogP contribution < -0.4 is 10.1 Å². The van der Waals surface area contributed by atoms with Crippen LogP contribution >= 0.6 is 0 Å². The topological polar surface area (TPSA) is 65.4 Å². The summed E-state index contributed by atoms with van der Waals surface area (Å²) in [6.45, 7) is -0.661. The first-order valence-electron chi connectivity index (χ1n) is 7.94. The second kappa shape index (κ2) is 8.92. The van der Waals surface area contributed by atoms with Gasteiger partial charge >= 0.3 is 6.61 Å². The predicted octanol–water partition coefficient (Wildman–Crippen LogP) is 3.62. The standard InChI is InChI=1S/C19H19F2N3O2/c1-13(18(25)23-17-6-4-3-5-15(17)11-22)24(2)12-14-7-9-16(10-8-14)26-19(20)21/h3-10,13,19H,12H2,1-2H3,(H,23,25). The number of para-hydroxylation sites is 1. The lowest BCUT2D eigenvalue weighted by atomic mass is 10.1. The summed E-state index contributed by atoms with van der Waals surface area (Å²) >= 11 is 0. The molecule has 1 N–H and O–H groups in total. The van der Waals surface area contributed by atoms with E-state index < -0.39 is 12.7 Å². The molecule has 0 heterocycles. The molecule has 7 heteroatoms.